The van der Waals surface area contributed by atoms with E-state index in [1.165, 1.54) is 36.0 Å². The summed E-state index contributed by atoms with van der Waals surface area (Å²) in [5.74, 6) is -0.643. The Morgan fingerprint density at radius 3 is 2.28 bits per heavy atom. The van der Waals surface area contributed by atoms with Gasteiger partial charge in [0.2, 0.25) is 5.91 Å². The van der Waals surface area contributed by atoms with E-state index in [9.17, 15) is 14.0 Å². The highest BCUT2D eigenvalue weighted by Crippen LogP contribution is 2.24. The van der Waals surface area contributed by atoms with Crippen molar-refractivity contribution in [2.75, 3.05) is 31.7 Å². The number of thioether (sulfide) groups is 1. The molecule has 2 amide bonds. The molecule has 0 saturated heterocycles. The number of carbonyl (C=O) groups excluding carboxylic acids is 2. The first kappa shape index (κ1) is 23.5. The Kier molecular flexibility index (Phi) is 8.41. The lowest BCUT2D eigenvalue weighted by Gasteiger charge is -2.25. The van der Waals surface area contributed by atoms with Gasteiger partial charge < -0.3 is 15.5 Å². The predicted octanol–water partition coefficient (Wildman–Crippen LogP) is 4.59. The first-order valence-electron chi connectivity index (χ1n) is 10.2. The fourth-order valence-corrected chi connectivity index (χ4v) is 4.06. The van der Waals surface area contributed by atoms with Gasteiger partial charge in [0.05, 0.1) is 17.4 Å². The molecule has 0 aliphatic heterocycles. The number of hydrogen-bond donors (Lipinski definition) is 2. The molecule has 3 rings (SSSR count). The summed E-state index contributed by atoms with van der Waals surface area (Å²) < 4.78 is 13.0. The molecule has 32 heavy (non-hydrogen) atoms. The molecule has 2 N–H and O–H groups in total. The molecule has 1 unspecified atom stereocenters. The quantitative estimate of drug-likeness (QED) is 0.467. The molecule has 0 aliphatic carbocycles. The van der Waals surface area contributed by atoms with Crippen molar-refractivity contribution in [3.8, 4) is 0 Å². The van der Waals surface area contributed by atoms with Crippen molar-refractivity contribution in [1.82, 2.24) is 10.2 Å². The molecular weight excluding hydrogens is 425 g/mol. The van der Waals surface area contributed by atoms with Crippen molar-refractivity contribution >= 4 is 29.3 Å². The average Bonchev–Trinajstić information content (AvgIpc) is 2.80. The van der Waals surface area contributed by atoms with E-state index in [1.807, 2.05) is 56.6 Å². The van der Waals surface area contributed by atoms with Crippen molar-refractivity contribution in [3.05, 3.63) is 95.8 Å². The largest absolute Gasteiger partial charge is 0.350 e. The number of amides is 2. The lowest BCUT2D eigenvalue weighted by molar-refractivity contribution is -0.113. The molecule has 0 aromatic heterocycles. The monoisotopic (exact) mass is 451 g/mol. The van der Waals surface area contributed by atoms with Gasteiger partial charge in [0, 0.05) is 17.1 Å². The highest BCUT2D eigenvalue weighted by molar-refractivity contribution is 8.00. The summed E-state index contributed by atoms with van der Waals surface area (Å²) in [5.41, 5.74) is 2.18. The van der Waals surface area contributed by atoms with E-state index >= 15 is 0 Å². The summed E-state index contributed by atoms with van der Waals surface area (Å²) in [6.45, 7) is 0.458. The van der Waals surface area contributed by atoms with Gasteiger partial charge in [-0.2, -0.15) is 0 Å². The van der Waals surface area contributed by atoms with Gasteiger partial charge in [-0.15, -0.1) is 11.8 Å². The Morgan fingerprint density at radius 1 is 0.938 bits per heavy atom. The van der Waals surface area contributed by atoms with Crippen LogP contribution < -0.4 is 10.6 Å². The smallest absolute Gasteiger partial charge is 0.252 e. The minimum absolute atomic E-state index is 0.0430. The van der Waals surface area contributed by atoms with E-state index in [0.29, 0.717) is 17.8 Å². The number of benzene rings is 3. The van der Waals surface area contributed by atoms with E-state index in [2.05, 4.69) is 15.5 Å². The van der Waals surface area contributed by atoms with Crippen molar-refractivity contribution < 1.29 is 14.0 Å². The normalized spacial score (nSPS) is 11.8. The van der Waals surface area contributed by atoms with Crippen LogP contribution in [-0.4, -0.2) is 43.1 Å². The highest BCUT2D eigenvalue weighted by Gasteiger charge is 2.17. The molecule has 0 spiro atoms. The van der Waals surface area contributed by atoms with Gasteiger partial charge in [0.25, 0.3) is 5.91 Å². The lowest BCUT2D eigenvalue weighted by Crippen LogP contribution is -2.34. The minimum atomic E-state index is -0.360. The number of rotatable bonds is 9. The Labute approximate surface area is 192 Å². The summed E-state index contributed by atoms with van der Waals surface area (Å²) in [4.78, 5) is 28.0. The zero-order valence-corrected chi connectivity index (χ0v) is 18.9. The third kappa shape index (κ3) is 6.67. The minimum Gasteiger partial charge on any atom is -0.350 e. The standard InChI is InChI=1S/C25H26FN3O2S/c1-29(2)22(18-8-4-3-5-9-18)16-27-25(31)21-10-6-7-11-23(21)32-17-24(30)28-20-14-12-19(26)13-15-20/h3-15,22H,16-17H2,1-2H3,(H,27,31)(H,28,30). The second kappa shape index (κ2) is 11.5. The Balaban J connectivity index is 1.60. The van der Waals surface area contributed by atoms with Crippen LogP contribution in [0.25, 0.3) is 0 Å². The van der Waals surface area contributed by atoms with Gasteiger partial charge in [-0.3, -0.25) is 9.59 Å². The Bertz CT molecular complexity index is 1040. The summed E-state index contributed by atoms with van der Waals surface area (Å²) >= 11 is 1.29. The predicted molar refractivity (Wildman–Crippen MR) is 127 cm³/mol. The van der Waals surface area contributed by atoms with Gasteiger partial charge in [-0.25, -0.2) is 4.39 Å². The van der Waals surface area contributed by atoms with Crippen molar-refractivity contribution in [3.63, 3.8) is 0 Å². The Hall–Kier alpha value is -3.16. The molecular formula is C25H26FN3O2S. The maximum Gasteiger partial charge on any atom is 0.252 e. The molecule has 0 saturated carbocycles. The van der Waals surface area contributed by atoms with E-state index in [1.54, 1.807) is 12.1 Å². The maximum absolute atomic E-state index is 13.0. The van der Waals surface area contributed by atoms with Crippen molar-refractivity contribution in [2.24, 2.45) is 0 Å². The molecule has 0 radical (unpaired) electrons. The number of nitrogens with zero attached hydrogens (tertiary/aromatic N) is 1. The van der Waals surface area contributed by atoms with E-state index in [-0.39, 0.29) is 29.4 Å². The maximum atomic E-state index is 13.0. The van der Waals surface area contributed by atoms with Crippen LogP contribution in [0.2, 0.25) is 0 Å². The van der Waals surface area contributed by atoms with Gasteiger partial charge in [0.15, 0.2) is 0 Å². The molecule has 5 nitrogen and oxygen atoms in total. The van der Waals surface area contributed by atoms with Crippen LogP contribution in [0.15, 0.2) is 83.8 Å². The van der Waals surface area contributed by atoms with Gasteiger partial charge in [-0.1, -0.05) is 42.5 Å². The summed E-state index contributed by atoms with van der Waals surface area (Å²) in [7, 11) is 3.96. The summed E-state index contributed by atoms with van der Waals surface area (Å²) in [6, 6.07) is 22.9. The third-order valence-electron chi connectivity index (χ3n) is 4.88. The van der Waals surface area contributed by atoms with Crippen molar-refractivity contribution in [1.29, 1.82) is 0 Å². The van der Waals surface area contributed by atoms with Crippen LogP contribution in [0.4, 0.5) is 10.1 Å². The molecule has 7 heteroatoms. The molecule has 0 fully saturated rings. The first-order valence-corrected chi connectivity index (χ1v) is 11.2. The molecule has 166 valence electrons. The van der Waals surface area contributed by atoms with Gasteiger partial charge in [-0.05, 0) is 56.1 Å². The molecule has 0 aliphatic rings. The second-order valence-corrected chi connectivity index (χ2v) is 8.46. The van der Waals surface area contributed by atoms with Gasteiger partial charge >= 0.3 is 0 Å². The second-order valence-electron chi connectivity index (χ2n) is 7.44. The topological polar surface area (TPSA) is 61.4 Å². The van der Waals surface area contributed by atoms with Gasteiger partial charge in [0.1, 0.15) is 5.82 Å². The third-order valence-corrected chi connectivity index (χ3v) is 5.96. The first-order chi connectivity index (χ1) is 15.4. The highest BCUT2D eigenvalue weighted by atomic mass is 32.2. The lowest BCUT2D eigenvalue weighted by atomic mass is 10.1. The number of hydrogen-bond acceptors (Lipinski definition) is 4. The zero-order valence-electron chi connectivity index (χ0n) is 18.0. The average molecular weight is 452 g/mol. The van der Waals surface area contributed by atoms with Crippen LogP contribution in [-0.2, 0) is 4.79 Å². The molecule has 1 atom stereocenters. The molecule has 3 aromatic carbocycles. The number of nitrogens with one attached hydrogen (secondary N) is 2. The number of carbonyl (C=O) groups is 2. The Morgan fingerprint density at radius 2 is 1.59 bits per heavy atom. The number of likely N-dealkylation sites (N-methyl/N-ethyl adjacent to an activating group) is 1. The number of halogens is 1. The fourth-order valence-electron chi connectivity index (χ4n) is 3.21. The van der Waals surface area contributed by atoms with E-state index in [4.69, 9.17) is 0 Å². The summed E-state index contributed by atoms with van der Waals surface area (Å²) in [6.07, 6.45) is 0. The van der Waals surface area contributed by atoms with E-state index in [0.717, 1.165) is 10.5 Å². The molecule has 0 bridgehead atoms. The molecule has 3 aromatic rings. The molecule has 0 heterocycles. The van der Waals surface area contributed by atoms with Crippen LogP contribution >= 0.6 is 11.8 Å². The number of anilines is 1. The van der Waals surface area contributed by atoms with Crippen LogP contribution in [0.3, 0.4) is 0 Å². The van der Waals surface area contributed by atoms with E-state index < -0.39 is 0 Å². The summed E-state index contributed by atoms with van der Waals surface area (Å²) in [5, 5.41) is 5.75. The van der Waals surface area contributed by atoms with Crippen molar-refractivity contribution in [2.45, 2.75) is 10.9 Å². The van der Waals surface area contributed by atoms with Crippen LogP contribution in [0.1, 0.15) is 22.0 Å². The van der Waals surface area contributed by atoms with Crippen LogP contribution in [0.5, 0.6) is 0 Å². The van der Waals surface area contributed by atoms with Crippen LogP contribution in [0, 0.1) is 5.82 Å². The SMILES string of the molecule is CN(C)C(CNC(=O)c1ccccc1SCC(=O)Nc1ccc(F)cc1)c1ccccc1. The zero-order chi connectivity index (χ0) is 22.9. The fraction of sp³-hybridized carbons (Fsp3) is 0.200.